The van der Waals surface area contributed by atoms with Crippen molar-refractivity contribution in [3.8, 4) is 23.0 Å². The molecule has 9 nitrogen and oxygen atoms in total. The van der Waals surface area contributed by atoms with E-state index in [0.29, 0.717) is 46.5 Å². The summed E-state index contributed by atoms with van der Waals surface area (Å²) >= 11 is 12.2. The van der Waals surface area contributed by atoms with Gasteiger partial charge in [0.05, 0.1) is 47.1 Å². The molecule has 4 heterocycles. The fourth-order valence-corrected chi connectivity index (χ4v) is 6.56. The van der Waals surface area contributed by atoms with Gasteiger partial charge < -0.3 is 43.6 Å². The average molecular weight is 672 g/mol. The molecule has 4 aliphatic rings. The van der Waals surface area contributed by atoms with Gasteiger partial charge >= 0.3 is 29.6 Å². The SMILES string of the molecule is Cc1ccc(Cl)c(Nc2ccccc2C(=O)[O-])c1Cl.[Na+].c1cc2c(cc1C1OCC3C(c4ccc5c(c4)OCO5)OCC13)OCO2. The van der Waals surface area contributed by atoms with E-state index in [-0.39, 0.29) is 60.9 Å². The van der Waals surface area contributed by atoms with E-state index in [0.717, 1.165) is 39.7 Å². The van der Waals surface area contributed by atoms with Crippen LogP contribution in [0.1, 0.15) is 39.3 Å². The number of aryl methyl sites for hydroxylation is 1. The number of para-hydroxylation sites is 1. The number of rotatable bonds is 5. The average Bonchev–Trinajstić information content (AvgIpc) is 3.85. The van der Waals surface area contributed by atoms with E-state index in [4.69, 9.17) is 51.6 Å². The Morgan fingerprint density at radius 2 is 1.30 bits per heavy atom. The number of carbonyl (C=O) groups is 1. The first-order chi connectivity index (χ1) is 21.9. The first-order valence-corrected chi connectivity index (χ1v) is 15.2. The molecule has 0 amide bonds. The number of aromatic carboxylic acids is 1. The molecule has 2 fully saturated rings. The smallest absolute Gasteiger partial charge is 0.545 e. The van der Waals surface area contributed by atoms with E-state index in [9.17, 15) is 9.90 Å². The van der Waals surface area contributed by atoms with Gasteiger partial charge in [-0.1, -0.05) is 59.6 Å². The van der Waals surface area contributed by atoms with Crippen LogP contribution in [0.5, 0.6) is 23.0 Å². The number of ether oxygens (including phenoxy) is 6. The maximum absolute atomic E-state index is 11.0. The van der Waals surface area contributed by atoms with Crippen molar-refractivity contribution in [1.29, 1.82) is 0 Å². The van der Waals surface area contributed by atoms with Crippen molar-refractivity contribution in [1.82, 2.24) is 0 Å². The second-order valence-electron chi connectivity index (χ2n) is 11.1. The third-order valence-corrected chi connectivity index (χ3v) is 9.21. The van der Waals surface area contributed by atoms with Gasteiger partial charge in [0.25, 0.3) is 0 Å². The normalized spacial score (nSPS) is 21.5. The summed E-state index contributed by atoms with van der Waals surface area (Å²) in [4.78, 5) is 11.0. The van der Waals surface area contributed by atoms with Crippen LogP contribution >= 0.6 is 23.2 Å². The van der Waals surface area contributed by atoms with Crippen LogP contribution in [0.3, 0.4) is 0 Å². The molecule has 232 valence electrons. The number of benzene rings is 4. The van der Waals surface area contributed by atoms with Crippen molar-refractivity contribution in [2.75, 3.05) is 32.1 Å². The van der Waals surface area contributed by atoms with Crippen LogP contribution < -0.4 is 58.9 Å². The largest absolute Gasteiger partial charge is 1.00 e. The van der Waals surface area contributed by atoms with Gasteiger partial charge in [-0.25, -0.2) is 0 Å². The molecule has 4 aromatic carbocycles. The van der Waals surface area contributed by atoms with Crippen molar-refractivity contribution in [2.45, 2.75) is 19.1 Å². The monoisotopic (exact) mass is 671 g/mol. The Labute approximate surface area is 297 Å². The molecular formula is C34H28Cl2NNaO8. The summed E-state index contributed by atoms with van der Waals surface area (Å²) in [5.41, 5.74) is 4.01. The zero-order chi connectivity index (χ0) is 31.1. The molecule has 1 N–H and O–H groups in total. The fourth-order valence-electron chi connectivity index (χ4n) is 6.09. The maximum atomic E-state index is 11.0. The molecule has 2 saturated heterocycles. The van der Waals surface area contributed by atoms with Crippen LogP contribution in [0.4, 0.5) is 11.4 Å². The predicted octanol–water partition coefficient (Wildman–Crippen LogP) is 3.63. The summed E-state index contributed by atoms with van der Waals surface area (Å²) in [5.74, 6) is 2.56. The minimum atomic E-state index is -1.26. The number of hydrogen-bond donors (Lipinski definition) is 1. The van der Waals surface area contributed by atoms with Crippen LogP contribution in [0, 0.1) is 18.8 Å². The van der Waals surface area contributed by atoms with Gasteiger partial charge in [0.1, 0.15) is 0 Å². The molecule has 0 aromatic heterocycles. The van der Waals surface area contributed by atoms with Crippen LogP contribution in [0.25, 0.3) is 0 Å². The van der Waals surface area contributed by atoms with E-state index < -0.39 is 5.97 Å². The molecule has 0 spiro atoms. The molecule has 0 radical (unpaired) electrons. The molecule has 0 aliphatic carbocycles. The van der Waals surface area contributed by atoms with Crippen LogP contribution in [-0.2, 0) is 9.47 Å². The molecule has 4 aromatic rings. The molecule has 4 aliphatic heterocycles. The second kappa shape index (κ2) is 13.9. The predicted molar refractivity (Wildman–Crippen MR) is 165 cm³/mol. The minimum Gasteiger partial charge on any atom is -0.545 e. The third-order valence-electron chi connectivity index (χ3n) is 8.41. The summed E-state index contributed by atoms with van der Waals surface area (Å²) < 4.78 is 34.2. The van der Waals surface area contributed by atoms with Crippen LogP contribution in [0.15, 0.2) is 72.8 Å². The Hall–Kier alpha value is -3.15. The van der Waals surface area contributed by atoms with Crippen LogP contribution in [-0.4, -0.2) is 32.8 Å². The maximum Gasteiger partial charge on any atom is 1.00 e. The standard InChI is InChI=1S/C20H18O6.C14H11Cl2NO2.Na/c1-3-15-17(25-9-23-15)5-11(1)19-13-7-22-20(14(13)8-21-19)12-2-4-16-18(6-12)26-10-24-16;1-8-6-7-10(15)13(12(8)16)17-11-5-3-2-4-9(11)14(18)19;/h1-6,13-14,19-20H,7-10H2;2-7,17H,1H3,(H,18,19);/q;;+1/p-1. The topological polar surface area (TPSA) is 108 Å². The molecule has 46 heavy (non-hydrogen) atoms. The molecule has 4 atom stereocenters. The van der Waals surface area contributed by atoms with Gasteiger partial charge in [-0.2, -0.15) is 0 Å². The van der Waals surface area contributed by atoms with Gasteiger partial charge in [0.2, 0.25) is 13.6 Å². The Bertz CT molecular complexity index is 1700. The van der Waals surface area contributed by atoms with Crippen LogP contribution in [0.2, 0.25) is 10.0 Å². The number of carbonyl (C=O) groups excluding carboxylic acids is 1. The first kappa shape index (κ1) is 32.8. The molecule has 0 bridgehead atoms. The van der Waals surface area contributed by atoms with E-state index in [1.165, 1.54) is 6.07 Å². The Morgan fingerprint density at radius 3 is 1.87 bits per heavy atom. The molecule has 12 heteroatoms. The number of anilines is 2. The number of fused-ring (bicyclic) bond motifs is 3. The summed E-state index contributed by atoms with van der Waals surface area (Å²) in [7, 11) is 0. The first-order valence-electron chi connectivity index (χ1n) is 14.4. The van der Waals surface area contributed by atoms with Crippen molar-refractivity contribution in [3.05, 3.63) is 105 Å². The zero-order valence-corrected chi connectivity index (χ0v) is 28.6. The number of hydrogen-bond acceptors (Lipinski definition) is 9. The summed E-state index contributed by atoms with van der Waals surface area (Å²) in [5, 5.41) is 14.9. The van der Waals surface area contributed by atoms with Gasteiger partial charge in [-0.05, 0) is 60.0 Å². The van der Waals surface area contributed by atoms with Gasteiger partial charge in [-0.3, -0.25) is 0 Å². The Balaban J connectivity index is 0.000000167. The van der Waals surface area contributed by atoms with Gasteiger partial charge in [0.15, 0.2) is 23.0 Å². The Morgan fingerprint density at radius 1 is 0.761 bits per heavy atom. The van der Waals surface area contributed by atoms with Crippen molar-refractivity contribution >= 4 is 40.5 Å². The quantitative estimate of drug-likeness (QED) is 0.318. The van der Waals surface area contributed by atoms with E-state index in [2.05, 4.69) is 17.4 Å². The molecule has 8 rings (SSSR count). The van der Waals surface area contributed by atoms with E-state index in [1.54, 1.807) is 30.3 Å². The van der Waals surface area contributed by atoms with Crippen molar-refractivity contribution in [3.63, 3.8) is 0 Å². The van der Waals surface area contributed by atoms with Crippen molar-refractivity contribution in [2.24, 2.45) is 11.8 Å². The zero-order valence-electron chi connectivity index (χ0n) is 25.1. The summed E-state index contributed by atoms with van der Waals surface area (Å²) in [6, 6.07) is 22.0. The van der Waals surface area contributed by atoms with E-state index >= 15 is 0 Å². The summed E-state index contributed by atoms with van der Waals surface area (Å²) in [6.07, 6.45) is 0.0435. The molecule has 0 saturated carbocycles. The molecule has 4 unspecified atom stereocenters. The Kier molecular flexibility index (Phi) is 9.91. The van der Waals surface area contributed by atoms with Gasteiger partial charge in [-0.15, -0.1) is 0 Å². The summed E-state index contributed by atoms with van der Waals surface area (Å²) in [6.45, 7) is 3.78. The number of nitrogens with one attached hydrogen (secondary N) is 1. The van der Waals surface area contributed by atoms with E-state index in [1.807, 2.05) is 31.2 Å². The van der Waals surface area contributed by atoms with Crippen molar-refractivity contribution < 1.29 is 67.9 Å². The fraction of sp³-hybridized carbons (Fsp3) is 0.265. The number of halogens is 2. The second-order valence-corrected chi connectivity index (χ2v) is 11.9. The number of carboxylic acids is 1. The third kappa shape index (κ3) is 6.38. The minimum absolute atomic E-state index is 0. The van der Waals surface area contributed by atoms with Gasteiger partial charge in [0, 0.05) is 23.1 Å². The number of carboxylic acid groups (broad SMARTS) is 1. The molecular weight excluding hydrogens is 644 g/mol.